The maximum atomic E-state index is 13.1. The lowest BCUT2D eigenvalue weighted by Crippen LogP contribution is -2.49. The fraction of sp³-hybridized carbons (Fsp3) is 0.0833. The highest BCUT2D eigenvalue weighted by Crippen LogP contribution is 2.35. The van der Waals surface area contributed by atoms with Crippen molar-refractivity contribution in [3.05, 3.63) is 89.6 Å². The number of fused-ring (bicyclic) bond motifs is 1. The summed E-state index contributed by atoms with van der Waals surface area (Å²) in [6.07, 6.45) is 1.52. The molecule has 0 aliphatic rings. The van der Waals surface area contributed by atoms with Crippen molar-refractivity contribution < 1.29 is 14.3 Å². The van der Waals surface area contributed by atoms with Crippen LogP contribution in [0.5, 0.6) is 5.88 Å². The van der Waals surface area contributed by atoms with Crippen molar-refractivity contribution in [2.75, 3.05) is 18.2 Å². The van der Waals surface area contributed by atoms with Crippen LogP contribution in [0, 0.1) is 0 Å². The number of nitrogens with two attached hydrogens (primary N) is 3. The number of methoxy groups -OCH3 is 1. The van der Waals surface area contributed by atoms with Crippen molar-refractivity contribution >= 4 is 34.2 Å². The largest absolute Gasteiger partial charge is 0.481 e. The highest BCUT2D eigenvalue weighted by molar-refractivity contribution is 5.97. The molecule has 9 nitrogen and oxygen atoms in total. The molecule has 33 heavy (non-hydrogen) atoms. The molecule has 2 aromatic heterocycles. The van der Waals surface area contributed by atoms with Crippen molar-refractivity contribution in [1.82, 2.24) is 9.97 Å². The summed E-state index contributed by atoms with van der Waals surface area (Å²) in [6.45, 7) is 0. The Hall–Kier alpha value is -4.66. The third-order valence-electron chi connectivity index (χ3n) is 5.36. The molecule has 166 valence electrons. The Kier molecular flexibility index (Phi) is 5.53. The van der Waals surface area contributed by atoms with E-state index in [0.29, 0.717) is 39.6 Å². The molecule has 7 N–H and O–H groups in total. The molecule has 0 aliphatic heterocycles. The van der Waals surface area contributed by atoms with E-state index in [9.17, 15) is 9.59 Å². The average Bonchev–Trinajstić information content (AvgIpc) is 2.81. The normalized spacial score (nSPS) is 12.6. The van der Waals surface area contributed by atoms with Crippen molar-refractivity contribution in [1.29, 1.82) is 0 Å². The number of nitrogens with one attached hydrogen (secondary N) is 1. The number of primary amides is 2. The number of carbonyl (C=O) groups excluding carboxylic acids is 2. The molecule has 0 spiro atoms. The summed E-state index contributed by atoms with van der Waals surface area (Å²) >= 11 is 0. The van der Waals surface area contributed by atoms with Gasteiger partial charge in [0.2, 0.25) is 11.8 Å². The quantitative estimate of drug-likeness (QED) is 0.319. The monoisotopic (exact) mass is 442 g/mol. The minimum atomic E-state index is -1.55. The second kappa shape index (κ2) is 8.46. The zero-order valence-electron chi connectivity index (χ0n) is 17.8. The van der Waals surface area contributed by atoms with Gasteiger partial charge in [0.1, 0.15) is 5.82 Å². The molecule has 0 aliphatic carbocycles. The number of benzene rings is 2. The van der Waals surface area contributed by atoms with E-state index in [-0.39, 0.29) is 0 Å². The lowest BCUT2D eigenvalue weighted by atomic mass is 9.82. The van der Waals surface area contributed by atoms with Crippen molar-refractivity contribution in [3.8, 4) is 5.88 Å². The smallest absolute Gasteiger partial charge is 0.252 e. The van der Waals surface area contributed by atoms with Gasteiger partial charge in [-0.25, -0.2) is 9.97 Å². The predicted molar refractivity (Wildman–Crippen MR) is 126 cm³/mol. The molecule has 1 atom stereocenters. The van der Waals surface area contributed by atoms with Crippen LogP contribution in [0.25, 0.3) is 10.9 Å². The van der Waals surface area contributed by atoms with Crippen molar-refractivity contribution in [3.63, 3.8) is 0 Å². The van der Waals surface area contributed by atoms with Crippen LogP contribution in [0.2, 0.25) is 0 Å². The van der Waals surface area contributed by atoms with Gasteiger partial charge in [0.25, 0.3) is 5.91 Å². The lowest BCUT2D eigenvalue weighted by Gasteiger charge is -2.33. The van der Waals surface area contributed by atoms with Crippen LogP contribution in [0.15, 0.2) is 72.9 Å². The number of nitrogen functional groups attached to an aromatic ring is 1. The molecule has 0 saturated heterocycles. The van der Waals surface area contributed by atoms with Crippen LogP contribution in [0.4, 0.5) is 11.5 Å². The Balaban J connectivity index is 1.93. The summed E-state index contributed by atoms with van der Waals surface area (Å²) in [4.78, 5) is 33.4. The minimum Gasteiger partial charge on any atom is -0.481 e. The van der Waals surface area contributed by atoms with Gasteiger partial charge in [-0.05, 0) is 53.6 Å². The molecule has 4 aromatic rings. The van der Waals surface area contributed by atoms with E-state index >= 15 is 0 Å². The number of amides is 2. The van der Waals surface area contributed by atoms with Crippen LogP contribution < -0.4 is 27.3 Å². The molecule has 0 fully saturated rings. The van der Waals surface area contributed by atoms with Gasteiger partial charge in [-0.15, -0.1) is 0 Å². The molecule has 9 heteroatoms. The summed E-state index contributed by atoms with van der Waals surface area (Å²) in [6, 6.07) is 18.6. The Bertz CT molecular complexity index is 1370. The van der Waals surface area contributed by atoms with Crippen LogP contribution in [-0.4, -0.2) is 28.9 Å². The summed E-state index contributed by atoms with van der Waals surface area (Å²) in [7, 11) is 1.48. The summed E-state index contributed by atoms with van der Waals surface area (Å²) in [5.41, 5.74) is 18.2. The lowest BCUT2D eigenvalue weighted by molar-refractivity contribution is -0.121. The van der Waals surface area contributed by atoms with Gasteiger partial charge in [0.15, 0.2) is 5.54 Å². The van der Waals surface area contributed by atoms with Crippen LogP contribution >= 0.6 is 0 Å². The number of pyridine rings is 2. The highest BCUT2D eigenvalue weighted by atomic mass is 16.5. The molecule has 0 bridgehead atoms. The average molecular weight is 442 g/mol. The van der Waals surface area contributed by atoms with Gasteiger partial charge < -0.3 is 27.3 Å². The standard InChI is InChI=1S/C24H22N6O3/c1-33-21-13-17(9-10-28-21)24(23(27)32,16-3-2-4-18(25)12-16)30-20-8-7-14-5-6-15(22(26)31)11-19(14)29-20/h2-13H,25H2,1H3,(H2,26,31)(H2,27,32)(H,29,30). The second-order valence-corrected chi connectivity index (χ2v) is 7.42. The van der Waals surface area contributed by atoms with Crippen LogP contribution in [0.3, 0.4) is 0 Å². The Morgan fingerprint density at radius 1 is 0.970 bits per heavy atom. The number of anilines is 2. The summed E-state index contributed by atoms with van der Waals surface area (Å²) in [5.74, 6) is -0.594. The Morgan fingerprint density at radius 2 is 1.73 bits per heavy atom. The third-order valence-corrected chi connectivity index (χ3v) is 5.36. The molecular formula is C24H22N6O3. The van der Waals surface area contributed by atoms with Gasteiger partial charge in [-0.3, -0.25) is 9.59 Å². The van der Waals surface area contributed by atoms with Gasteiger partial charge >= 0.3 is 0 Å². The fourth-order valence-electron chi connectivity index (χ4n) is 3.72. The first-order valence-electron chi connectivity index (χ1n) is 9.99. The van der Waals surface area contributed by atoms with E-state index in [1.54, 1.807) is 60.7 Å². The van der Waals surface area contributed by atoms with E-state index in [4.69, 9.17) is 21.9 Å². The SMILES string of the molecule is COc1cc(C(Nc2ccc3ccc(C(N)=O)cc3n2)(C(N)=O)c2cccc(N)c2)ccn1. The number of hydrogen-bond donors (Lipinski definition) is 4. The van der Waals surface area contributed by atoms with Gasteiger partial charge in [-0.2, -0.15) is 0 Å². The molecule has 2 aromatic carbocycles. The van der Waals surface area contributed by atoms with Gasteiger partial charge in [0.05, 0.1) is 12.6 Å². The number of carbonyl (C=O) groups is 2. The fourth-order valence-corrected chi connectivity index (χ4v) is 3.72. The van der Waals surface area contributed by atoms with Crippen molar-refractivity contribution in [2.45, 2.75) is 5.54 Å². The molecule has 0 radical (unpaired) electrons. The minimum absolute atomic E-state index is 0.307. The number of aromatic nitrogens is 2. The molecule has 1 unspecified atom stereocenters. The second-order valence-electron chi connectivity index (χ2n) is 7.42. The number of rotatable bonds is 7. The highest BCUT2D eigenvalue weighted by Gasteiger charge is 2.41. The van der Waals surface area contributed by atoms with Crippen LogP contribution in [-0.2, 0) is 10.3 Å². The van der Waals surface area contributed by atoms with E-state index in [0.717, 1.165) is 5.39 Å². The van der Waals surface area contributed by atoms with Crippen molar-refractivity contribution in [2.24, 2.45) is 11.5 Å². The summed E-state index contributed by atoms with van der Waals surface area (Å²) < 4.78 is 5.26. The number of nitrogens with zero attached hydrogens (tertiary/aromatic N) is 2. The van der Waals surface area contributed by atoms with Gasteiger partial charge in [-0.1, -0.05) is 18.2 Å². The first kappa shape index (κ1) is 21.6. The molecular weight excluding hydrogens is 420 g/mol. The zero-order valence-corrected chi connectivity index (χ0v) is 17.8. The maximum absolute atomic E-state index is 13.1. The van der Waals surface area contributed by atoms with Crippen LogP contribution in [0.1, 0.15) is 21.5 Å². The Morgan fingerprint density at radius 3 is 2.42 bits per heavy atom. The first-order valence-corrected chi connectivity index (χ1v) is 9.99. The van der Waals surface area contributed by atoms with E-state index in [1.165, 1.54) is 13.3 Å². The van der Waals surface area contributed by atoms with E-state index in [1.807, 2.05) is 6.07 Å². The number of ether oxygens (including phenoxy) is 1. The maximum Gasteiger partial charge on any atom is 0.252 e. The molecule has 2 amide bonds. The summed E-state index contributed by atoms with van der Waals surface area (Å²) in [5, 5.41) is 4.00. The molecule has 0 saturated carbocycles. The molecule has 4 rings (SSSR count). The third kappa shape index (κ3) is 3.99. The van der Waals surface area contributed by atoms with Gasteiger partial charge in [0, 0.05) is 28.9 Å². The molecule has 2 heterocycles. The topological polar surface area (TPSA) is 159 Å². The van der Waals surface area contributed by atoms with E-state index < -0.39 is 17.4 Å². The number of hydrogen-bond acceptors (Lipinski definition) is 7. The van der Waals surface area contributed by atoms with E-state index in [2.05, 4.69) is 15.3 Å². The predicted octanol–water partition coefficient (Wildman–Crippen LogP) is 2.16. The zero-order chi connectivity index (χ0) is 23.6. The first-order chi connectivity index (χ1) is 15.8. The Labute approximate surface area is 189 Å².